The molecule has 2 aromatic rings. The van der Waals surface area contributed by atoms with Crippen LogP contribution in [0.15, 0.2) is 35.8 Å². The lowest BCUT2D eigenvalue weighted by molar-refractivity contribution is -0.131. The smallest absolute Gasteiger partial charge is 0.223 e. The van der Waals surface area contributed by atoms with Crippen molar-refractivity contribution in [1.29, 1.82) is 0 Å². The van der Waals surface area contributed by atoms with E-state index in [0.717, 1.165) is 23.8 Å². The van der Waals surface area contributed by atoms with Crippen LogP contribution in [0.2, 0.25) is 0 Å². The molecule has 1 aromatic carbocycles. The molecule has 126 valence electrons. The van der Waals surface area contributed by atoms with Crippen molar-refractivity contribution >= 4 is 28.2 Å². The molecule has 0 unspecified atom stereocenters. The number of Topliss-reactive ketones (excluding diaryl/α,β-unsaturated/α-hetero) is 1. The lowest BCUT2D eigenvalue weighted by Gasteiger charge is -2.34. The number of anilines is 1. The molecule has 1 aromatic heterocycles. The highest BCUT2D eigenvalue weighted by Gasteiger charge is 2.22. The molecule has 3 rings (SSSR count). The number of nitrogens with zero attached hydrogens (tertiary/aromatic N) is 3. The molecule has 0 atom stereocenters. The van der Waals surface area contributed by atoms with Gasteiger partial charge in [-0.25, -0.2) is 4.98 Å². The number of ketones is 1. The largest absolute Gasteiger partial charge is 0.345 e. The Labute approximate surface area is 145 Å². The average molecular weight is 343 g/mol. The summed E-state index contributed by atoms with van der Waals surface area (Å²) in [6, 6.07) is 7.50. The highest BCUT2D eigenvalue weighted by molar-refractivity contribution is 7.13. The van der Waals surface area contributed by atoms with E-state index in [-0.39, 0.29) is 24.5 Å². The lowest BCUT2D eigenvalue weighted by atomic mass is 10.0. The van der Waals surface area contributed by atoms with Gasteiger partial charge in [0.25, 0.3) is 0 Å². The normalized spacial score (nSPS) is 14.7. The van der Waals surface area contributed by atoms with Crippen molar-refractivity contribution in [2.45, 2.75) is 19.8 Å². The molecular weight excluding hydrogens is 322 g/mol. The van der Waals surface area contributed by atoms with Crippen molar-refractivity contribution in [1.82, 2.24) is 9.88 Å². The maximum atomic E-state index is 12.3. The van der Waals surface area contributed by atoms with E-state index in [2.05, 4.69) is 9.88 Å². The Morgan fingerprint density at radius 1 is 1.08 bits per heavy atom. The van der Waals surface area contributed by atoms with E-state index in [9.17, 15) is 9.59 Å². The summed E-state index contributed by atoms with van der Waals surface area (Å²) in [5.74, 6) is 0.0963. The zero-order valence-electron chi connectivity index (χ0n) is 13.8. The summed E-state index contributed by atoms with van der Waals surface area (Å²) in [6.07, 6.45) is 2.35. The van der Waals surface area contributed by atoms with Gasteiger partial charge in [0.05, 0.1) is 0 Å². The first-order valence-corrected chi connectivity index (χ1v) is 9.03. The van der Waals surface area contributed by atoms with Crippen LogP contribution in [0.5, 0.6) is 0 Å². The molecule has 0 saturated carbocycles. The highest BCUT2D eigenvalue weighted by atomic mass is 32.1. The van der Waals surface area contributed by atoms with Crippen LogP contribution in [-0.2, 0) is 4.79 Å². The second-order valence-corrected chi connectivity index (χ2v) is 6.84. The zero-order chi connectivity index (χ0) is 16.9. The summed E-state index contributed by atoms with van der Waals surface area (Å²) >= 11 is 1.62. The van der Waals surface area contributed by atoms with E-state index < -0.39 is 0 Å². The van der Waals surface area contributed by atoms with E-state index >= 15 is 0 Å². The molecule has 0 bridgehead atoms. The van der Waals surface area contributed by atoms with Gasteiger partial charge >= 0.3 is 0 Å². The van der Waals surface area contributed by atoms with Gasteiger partial charge in [-0.1, -0.05) is 29.8 Å². The van der Waals surface area contributed by atoms with Gasteiger partial charge in [-0.3, -0.25) is 9.59 Å². The number of rotatable bonds is 5. The minimum Gasteiger partial charge on any atom is -0.345 e. The number of benzene rings is 1. The SMILES string of the molecule is Cc1ccc(C(=O)CCC(=O)N2CCN(c3nccs3)CC2)cc1. The number of amides is 1. The summed E-state index contributed by atoms with van der Waals surface area (Å²) in [5.41, 5.74) is 1.81. The van der Waals surface area contributed by atoms with Gasteiger partial charge in [-0.05, 0) is 6.92 Å². The summed E-state index contributed by atoms with van der Waals surface area (Å²) in [7, 11) is 0. The molecule has 0 radical (unpaired) electrons. The predicted octanol–water partition coefficient (Wildman–Crippen LogP) is 2.76. The second kappa shape index (κ2) is 7.57. The van der Waals surface area contributed by atoms with Crippen molar-refractivity contribution < 1.29 is 9.59 Å². The third kappa shape index (κ3) is 4.00. The van der Waals surface area contributed by atoms with Crippen LogP contribution in [0, 0.1) is 6.92 Å². The zero-order valence-corrected chi connectivity index (χ0v) is 14.6. The molecule has 6 heteroatoms. The van der Waals surface area contributed by atoms with Gasteiger partial charge in [-0.2, -0.15) is 0 Å². The molecule has 24 heavy (non-hydrogen) atoms. The summed E-state index contributed by atoms with van der Waals surface area (Å²) in [4.78, 5) is 32.8. The number of thiazole rings is 1. The third-order valence-corrected chi connectivity index (χ3v) is 5.09. The molecule has 0 spiro atoms. The predicted molar refractivity (Wildman–Crippen MR) is 95.7 cm³/mol. The summed E-state index contributed by atoms with van der Waals surface area (Å²) < 4.78 is 0. The number of aromatic nitrogens is 1. The van der Waals surface area contributed by atoms with Crippen LogP contribution in [0.4, 0.5) is 5.13 Å². The fourth-order valence-corrected chi connectivity index (χ4v) is 3.48. The van der Waals surface area contributed by atoms with Crippen LogP contribution >= 0.6 is 11.3 Å². The van der Waals surface area contributed by atoms with Gasteiger partial charge in [0, 0.05) is 56.2 Å². The van der Waals surface area contributed by atoms with Gasteiger partial charge in [0.1, 0.15) is 0 Å². The van der Waals surface area contributed by atoms with Crippen LogP contribution in [0.1, 0.15) is 28.8 Å². The minimum atomic E-state index is 0.0322. The summed E-state index contributed by atoms with van der Waals surface area (Å²) in [5, 5.41) is 2.97. The van der Waals surface area contributed by atoms with Gasteiger partial charge in [-0.15, -0.1) is 11.3 Å². The van der Waals surface area contributed by atoms with Crippen molar-refractivity contribution in [3.8, 4) is 0 Å². The number of carbonyl (C=O) groups excluding carboxylic acids is 2. The van der Waals surface area contributed by atoms with E-state index in [4.69, 9.17) is 0 Å². The Balaban J connectivity index is 1.46. The fraction of sp³-hybridized carbons (Fsp3) is 0.389. The van der Waals surface area contributed by atoms with Gasteiger partial charge < -0.3 is 9.80 Å². The van der Waals surface area contributed by atoms with Crippen LogP contribution in [-0.4, -0.2) is 47.8 Å². The van der Waals surface area contributed by atoms with E-state index in [1.165, 1.54) is 0 Å². The molecule has 2 heterocycles. The molecule has 5 nitrogen and oxygen atoms in total. The maximum Gasteiger partial charge on any atom is 0.223 e. The fourth-order valence-electron chi connectivity index (χ4n) is 2.78. The third-order valence-electron chi connectivity index (χ3n) is 4.26. The van der Waals surface area contributed by atoms with Crippen molar-refractivity contribution in [3.05, 3.63) is 47.0 Å². The molecule has 1 amide bonds. The Bertz CT molecular complexity index is 690. The molecule has 0 aliphatic carbocycles. The van der Waals surface area contributed by atoms with Crippen molar-refractivity contribution in [2.75, 3.05) is 31.1 Å². The monoisotopic (exact) mass is 343 g/mol. The first kappa shape index (κ1) is 16.6. The topological polar surface area (TPSA) is 53.5 Å². The average Bonchev–Trinajstić information content (AvgIpc) is 3.15. The first-order valence-electron chi connectivity index (χ1n) is 8.15. The van der Waals surface area contributed by atoms with E-state index in [1.54, 1.807) is 17.5 Å². The van der Waals surface area contributed by atoms with Crippen molar-refractivity contribution in [3.63, 3.8) is 0 Å². The highest BCUT2D eigenvalue weighted by Crippen LogP contribution is 2.19. The number of aryl methyl sites for hydroxylation is 1. The second-order valence-electron chi connectivity index (χ2n) is 5.97. The molecular formula is C18H21N3O2S. The van der Waals surface area contributed by atoms with E-state index in [1.807, 2.05) is 41.5 Å². The number of hydrogen-bond acceptors (Lipinski definition) is 5. The van der Waals surface area contributed by atoms with E-state index in [0.29, 0.717) is 18.7 Å². The van der Waals surface area contributed by atoms with Crippen LogP contribution in [0.3, 0.4) is 0 Å². The number of carbonyl (C=O) groups is 2. The van der Waals surface area contributed by atoms with Crippen LogP contribution in [0.25, 0.3) is 0 Å². The molecule has 1 aliphatic rings. The first-order chi connectivity index (χ1) is 11.6. The number of hydrogen-bond donors (Lipinski definition) is 0. The quantitative estimate of drug-likeness (QED) is 0.784. The summed E-state index contributed by atoms with van der Waals surface area (Å²) in [6.45, 7) is 4.97. The molecule has 1 saturated heterocycles. The molecule has 0 N–H and O–H groups in total. The van der Waals surface area contributed by atoms with Crippen molar-refractivity contribution in [2.24, 2.45) is 0 Å². The van der Waals surface area contributed by atoms with Gasteiger partial charge in [0.15, 0.2) is 10.9 Å². The number of piperazine rings is 1. The van der Waals surface area contributed by atoms with Crippen LogP contribution < -0.4 is 4.90 Å². The Morgan fingerprint density at radius 2 is 1.79 bits per heavy atom. The molecule has 1 aliphatic heterocycles. The minimum absolute atomic E-state index is 0.0322. The Hall–Kier alpha value is -2.21. The standard InChI is InChI=1S/C18H21N3O2S/c1-14-2-4-15(5-3-14)16(22)6-7-17(23)20-9-11-21(12-10-20)18-19-8-13-24-18/h2-5,8,13H,6-7,9-12H2,1H3. The lowest BCUT2D eigenvalue weighted by Crippen LogP contribution is -2.48. The van der Waals surface area contributed by atoms with Gasteiger partial charge in [0.2, 0.25) is 5.91 Å². The molecule has 1 fully saturated rings. The Kier molecular flexibility index (Phi) is 5.25. The Morgan fingerprint density at radius 3 is 2.42 bits per heavy atom. The maximum absolute atomic E-state index is 12.3.